The number of nitrogens with zero attached hydrogens (tertiary/aromatic N) is 1. The summed E-state index contributed by atoms with van der Waals surface area (Å²) in [7, 11) is 1.87. The monoisotopic (exact) mass is 153 g/mol. The standard InChI is InChI=1S/C9H15NO/c1-3-5-8-6-4-7-10(2)9(8)11/h3,8H,1,4-7H2,2H3/t8-/m1/s1. The lowest BCUT2D eigenvalue weighted by Gasteiger charge is -2.28. The predicted octanol–water partition coefficient (Wildman–Crippen LogP) is 1.43. The van der Waals surface area contributed by atoms with Crippen molar-refractivity contribution >= 4 is 5.91 Å². The second kappa shape index (κ2) is 3.56. The Balaban J connectivity index is 2.51. The smallest absolute Gasteiger partial charge is 0.225 e. The summed E-state index contributed by atoms with van der Waals surface area (Å²) in [6.07, 6.45) is 4.85. The van der Waals surface area contributed by atoms with Crippen LogP contribution in [0.1, 0.15) is 19.3 Å². The van der Waals surface area contributed by atoms with Gasteiger partial charge in [0.1, 0.15) is 0 Å². The first kappa shape index (κ1) is 8.31. The van der Waals surface area contributed by atoms with Crippen molar-refractivity contribution < 1.29 is 4.79 Å². The predicted molar refractivity (Wildman–Crippen MR) is 45.2 cm³/mol. The second-order valence-electron chi connectivity index (χ2n) is 3.12. The molecule has 0 aromatic rings. The molecule has 0 bridgehead atoms. The van der Waals surface area contributed by atoms with Gasteiger partial charge in [0.25, 0.3) is 0 Å². The number of amides is 1. The van der Waals surface area contributed by atoms with E-state index in [4.69, 9.17) is 0 Å². The summed E-state index contributed by atoms with van der Waals surface area (Å²) >= 11 is 0. The highest BCUT2D eigenvalue weighted by Gasteiger charge is 2.24. The maximum atomic E-state index is 11.4. The molecule has 1 saturated heterocycles. The highest BCUT2D eigenvalue weighted by Crippen LogP contribution is 2.19. The van der Waals surface area contributed by atoms with Gasteiger partial charge in [0, 0.05) is 19.5 Å². The quantitative estimate of drug-likeness (QED) is 0.549. The molecule has 1 aliphatic heterocycles. The van der Waals surface area contributed by atoms with E-state index in [-0.39, 0.29) is 11.8 Å². The minimum absolute atomic E-state index is 0.214. The highest BCUT2D eigenvalue weighted by atomic mass is 16.2. The maximum Gasteiger partial charge on any atom is 0.225 e. The number of rotatable bonds is 2. The third kappa shape index (κ3) is 1.82. The van der Waals surface area contributed by atoms with Crippen molar-refractivity contribution in [2.75, 3.05) is 13.6 Å². The largest absolute Gasteiger partial charge is 0.346 e. The molecule has 0 spiro atoms. The third-order valence-corrected chi connectivity index (χ3v) is 2.22. The Morgan fingerprint density at radius 3 is 3.18 bits per heavy atom. The molecule has 0 unspecified atom stereocenters. The summed E-state index contributed by atoms with van der Waals surface area (Å²) < 4.78 is 0. The molecule has 2 heteroatoms. The van der Waals surface area contributed by atoms with Crippen LogP contribution in [0, 0.1) is 5.92 Å². The van der Waals surface area contributed by atoms with Crippen LogP contribution in [-0.4, -0.2) is 24.4 Å². The van der Waals surface area contributed by atoms with Crippen molar-refractivity contribution in [2.24, 2.45) is 5.92 Å². The van der Waals surface area contributed by atoms with E-state index in [1.807, 2.05) is 18.0 Å². The van der Waals surface area contributed by atoms with Gasteiger partial charge in [0.2, 0.25) is 5.91 Å². The summed E-state index contributed by atoms with van der Waals surface area (Å²) in [5, 5.41) is 0. The lowest BCUT2D eigenvalue weighted by molar-refractivity contribution is -0.136. The summed E-state index contributed by atoms with van der Waals surface area (Å²) in [5.74, 6) is 0.502. The number of likely N-dealkylation sites (tertiary alicyclic amines) is 1. The van der Waals surface area contributed by atoms with Crippen LogP contribution < -0.4 is 0 Å². The van der Waals surface area contributed by atoms with Crippen molar-refractivity contribution in [2.45, 2.75) is 19.3 Å². The summed E-state index contributed by atoms with van der Waals surface area (Å²) in [6, 6.07) is 0. The first-order valence-electron chi connectivity index (χ1n) is 4.11. The zero-order valence-corrected chi connectivity index (χ0v) is 7.05. The second-order valence-corrected chi connectivity index (χ2v) is 3.12. The first-order chi connectivity index (χ1) is 5.25. The van der Waals surface area contributed by atoms with E-state index in [1.165, 1.54) is 0 Å². The van der Waals surface area contributed by atoms with Gasteiger partial charge >= 0.3 is 0 Å². The Hall–Kier alpha value is -0.790. The fraction of sp³-hybridized carbons (Fsp3) is 0.667. The number of carbonyl (C=O) groups is 1. The van der Waals surface area contributed by atoms with E-state index >= 15 is 0 Å². The van der Waals surface area contributed by atoms with Crippen LogP contribution in [0.3, 0.4) is 0 Å². The van der Waals surface area contributed by atoms with Crippen LogP contribution >= 0.6 is 0 Å². The number of hydrogen-bond acceptors (Lipinski definition) is 1. The van der Waals surface area contributed by atoms with Crippen molar-refractivity contribution in [3.63, 3.8) is 0 Å². The molecule has 2 nitrogen and oxygen atoms in total. The fourth-order valence-corrected chi connectivity index (χ4v) is 1.54. The lowest BCUT2D eigenvalue weighted by Crippen LogP contribution is -2.37. The Morgan fingerprint density at radius 2 is 2.55 bits per heavy atom. The molecular weight excluding hydrogens is 138 g/mol. The van der Waals surface area contributed by atoms with Crippen molar-refractivity contribution in [1.29, 1.82) is 0 Å². The maximum absolute atomic E-state index is 11.4. The van der Waals surface area contributed by atoms with Gasteiger partial charge in [0.15, 0.2) is 0 Å². The Kier molecular flexibility index (Phi) is 2.69. The third-order valence-electron chi connectivity index (χ3n) is 2.22. The minimum atomic E-state index is 0.214. The molecule has 0 aliphatic carbocycles. The van der Waals surface area contributed by atoms with E-state index in [0.717, 1.165) is 25.8 Å². The van der Waals surface area contributed by atoms with Gasteiger partial charge in [-0.1, -0.05) is 6.08 Å². The summed E-state index contributed by atoms with van der Waals surface area (Å²) in [5.41, 5.74) is 0. The highest BCUT2D eigenvalue weighted by molar-refractivity contribution is 5.79. The average Bonchev–Trinajstić information content (AvgIpc) is 1.99. The van der Waals surface area contributed by atoms with Crippen LogP contribution in [0.25, 0.3) is 0 Å². The van der Waals surface area contributed by atoms with E-state index in [0.29, 0.717) is 0 Å². The van der Waals surface area contributed by atoms with E-state index < -0.39 is 0 Å². The SMILES string of the molecule is C=CC[C@@H]1CCCN(C)C1=O. The molecule has 0 aromatic carbocycles. The van der Waals surface area contributed by atoms with Gasteiger partial charge in [-0.15, -0.1) is 6.58 Å². The van der Waals surface area contributed by atoms with Gasteiger partial charge in [0.05, 0.1) is 0 Å². The molecule has 62 valence electrons. The van der Waals surface area contributed by atoms with E-state index in [9.17, 15) is 4.79 Å². The van der Waals surface area contributed by atoms with E-state index in [1.54, 1.807) is 0 Å². The topological polar surface area (TPSA) is 20.3 Å². The zero-order chi connectivity index (χ0) is 8.27. The molecule has 11 heavy (non-hydrogen) atoms. The Labute approximate surface area is 67.9 Å². The molecule has 0 radical (unpaired) electrons. The molecule has 0 saturated carbocycles. The molecule has 1 atom stereocenters. The first-order valence-corrected chi connectivity index (χ1v) is 4.11. The molecule has 1 heterocycles. The van der Waals surface area contributed by atoms with Gasteiger partial charge in [-0.05, 0) is 19.3 Å². The zero-order valence-electron chi connectivity index (χ0n) is 7.05. The van der Waals surface area contributed by atoms with Crippen molar-refractivity contribution in [1.82, 2.24) is 4.90 Å². The van der Waals surface area contributed by atoms with Crippen LogP contribution in [0.2, 0.25) is 0 Å². The number of piperidine rings is 1. The van der Waals surface area contributed by atoms with Gasteiger partial charge in [-0.2, -0.15) is 0 Å². The van der Waals surface area contributed by atoms with Crippen LogP contribution in [0.15, 0.2) is 12.7 Å². The molecule has 0 N–H and O–H groups in total. The van der Waals surface area contributed by atoms with Crippen LogP contribution in [0.5, 0.6) is 0 Å². The fourth-order valence-electron chi connectivity index (χ4n) is 1.54. The number of hydrogen-bond donors (Lipinski definition) is 0. The minimum Gasteiger partial charge on any atom is -0.346 e. The van der Waals surface area contributed by atoms with Crippen molar-refractivity contribution in [3.8, 4) is 0 Å². The summed E-state index contributed by atoms with van der Waals surface area (Å²) in [4.78, 5) is 13.2. The van der Waals surface area contributed by atoms with Gasteiger partial charge < -0.3 is 4.90 Å². The van der Waals surface area contributed by atoms with Gasteiger partial charge in [-0.3, -0.25) is 4.79 Å². The number of allylic oxidation sites excluding steroid dienone is 1. The van der Waals surface area contributed by atoms with Crippen LogP contribution in [-0.2, 0) is 4.79 Å². The van der Waals surface area contributed by atoms with Gasteiger partial charge in [-0.25, -0.2) is 0 Å². The summed E-state index contributed by atoms with van der Waals surface area (Å²) in [6.45, 7) is 4.57. The molecule has 1 fully saturated rings. The molecule has 1 aliphatic rings. The molecule has 1 rings (SSSR count). The normalized spacial score (nSPS) is 25.4. The molecular formula is C9H15NO. The lowest BCUT2D eigenvalue weighted by atomic mass is 9.94. The molecule has 1 amide bonds. The van der Waals surface area contributed by atoms with E-state index in [2.05, 4.69) is 6.58 Å². The Morgan fingerprint density at radius 1 is 1.82 bits per heavy atom. The average molecular weight is 153 g/mol. The number of carbonyl (C=O) groups excluding carboxylic acids is 1. The van der Waals surface area contributed by atoms with Crippen molar-refractivity contribution in [3.05, 3.63) is 12.7 Å². The van der Waals surface area contributed by atoms with Crippen LogP contribution in [0.4, 0.5) is 0 Å². The molecule has 0 aromatic heterocycles. The Bertz CT molecular complexity index is 165.